The largest absolute Gasteiger partial charge is 0.389 e. The summed E-state index contributed by atoms with van der Waals surface area (Å²) in [6, 6.07) is 6.73. The summed E-state index contributed by atoms with van der Waals surface area (Å²) in [5.41, 5.74) is 0.905. The second-order valence-electron chi connectivity index (χ2n) is 4.26. The molecule has 0 amide bonds. The fraction of sp³-hybridized carbons (Fsp3) is 0.462. The number of nitrogens with zero attached hydrogens (tertiary/aromatic N) is 2. The second kappa shape index (κ2) is 5.65. The second-order valence-corrected chi connectivity index (χ2v) is 4.26. The predicted octanol–water partition coefficient (Wildman–Crippen LogP) is 2.47. The molecular formula is C13H17FN2O. The Labute approximate surface area is 101 Å². The van der Waals surface area contributed by atoms with E-state index in [-0.39, 0.29) is 11.7 Å². The van der Waals surface area contributed by atoms with Crippen molar-refractivity contribution in [3.05, 3.63) is 29.6 Å². The molecule has 0 heterocycles. The van der Waals surface area contributed by atoms with Gasteiger partial charge in [-0.05, 0) is 19.9 Å². The lowest BCUT2D eigenvalue weighted by atomic mass is 10.1. The lowest BCUT2D eigenvalue weighted by Gasteiger charge is -2.25. The van der Waals surface area contributed by atoms with Crippen LogP contribution < -0.4 is 4.90 Å². The molecule has 0 saturated heterocycles. The molecule has 1 aromatic carbocycles. The van der Waals surface area contributed by atoms with E-state index in [4.69, 9.17) is 5.26 Å². The zero-order valence-electron chi connectivity index (χ0n) is 10.3. The Balaban J connectivity index is 3.07. The first kappa shape index (κ1) is 13.5. The van der Waals surface area contributed by atoms with Crippen molar-refractivity contribution < 1.29 is 9.50 Å². The maximum absolute atomic E-state index is 13.8. The van der Waals surface area contributed by atoms with Crippen molar-refractivity contribution in [2.24, 2.45) is 5.92 Å². The summed E-state index contributed by atoms with van der Waals surface area (Å²) in [5.74, 6) is -0.572. The van der Waals surface area contributed by atoms with E-state index in [2.05, 4.69) is 6.07 Å². The first-order valence-corrected chi connectivity index (χ1v) is 5.54. The first-order chi connectivity index (χ1) is 7.97. The minimum atomic E-state index is -0.736. The van der Waals surface area contributed by atoms with E-state index >= 15 is 0 Å². The Bertz CT molecular complexity index is 426. The summed E-state index contributed by atoms with van der Waals surface area (Å²) in [7, 11) is 1.72. The Morgan fingerprint density at radius 2 is 2.12 bits per heavy atom. The topological polar surface area (TPSA) is 47.3 Å². The zero-order valence-corrected chi connectivity index (χ0v) is 10.3. The zero-order chi connectivity index (χ0) is 13.0. The molecule has 4 heteroatoms. The molecule has 0 spiro atoms. The molecule has 17 heavy (non-hydrogen) atoms. The fourth-order valence-electron chi connectivity index (χ4n) is 1.81. The van der Waals surface area contributed by atoms with Crippen LogP contribution in [0.25, 0.3) is 0 Å². The van der Waals surface area contributed by atoms with Crippen LogP contribution in [0.15, 0.2) is 18.2 Å². The number of aliphatic hydroxyl groups excluding tert-OH is 1. The molecule has 92 valence electrons. The summed E-state index contributed by atoms with van der Waals surface area (Å²) in [6.45, 7) is 3.80. The fourth-order valence-corrected chi connectivity index (χ4v) is 1.81. The monoisotopic (exact) mass is 236 g/mol. The number of para-hydroxylation sites is 1. The van der Waals surface area contributed by atoms with Gasteiger partial charge in [0.05, 0.1) is 23.8 Å². The average molecular weight is 236 g/mol. The average Bonchev–Trinajstić information content (AvgIpc) is 2.28. The number of hydrogen-bond donors (Lipinski definition) is 1. The third-order valence-electron chi connectivity index (χ3n) is 2.62. The van der Waals surface area contributed by atoms with Crippen LogP contribution in [-0.2, 0) is 0 Å². The molecule has 2 unspecified atom stereocenters. The minimum absolute atomic E-state index is 0.193. The summed E-state index contributed by atoms with van der Waals surface area (Å²) in [4.78, 5) is 1.67. The van der Waals surface area contributed by atoms with Crippen molar-refractivity contribution in [3.63, 3.8) is 0 Å². The molecule has 1 N–H and O–H groups in total. The van der Waals surface area contributed by atoms with Crippen molar-refractivity contribution in [3.8, 4) is 6.07 Å². The maximum Gasteiger partial charge on any atom is 0.146 e. The van der Waals surface area contributed by atoms with Crippen LogP contribution in [0.1, 0.15) is 25.5 Å². The standard InChI is InChI=1S/C13H17FN2O/c1-9(7-15)8-16(3)13-11(10(2)17)5-4-6-12(13)14/h4-6,9-10,17H,8H2,1-3H3. The normalized spacial score (nSPS) is 13.9. The Hall–Kier alpha value is -1.60. The Morgan fingerprint density at radius 3 is 2.65 bits per heavy atom. The van der Waals surface area contributed by atoms with Crippen LogP contribution >= 0.6 is 0 Å². The van der Waals surface area contributed by atoms with Crippen molar-refractivity contribution in [2.75, 3.05) is 18.5 Å². The molecule has 0 saturated carbocycles. The highest BCUT2D eigenvalue weighted by Gasteiger charge is 2.17. The molecule has 1 rings (SSSR count). The summed E-state index contributed by atoms with van der Waals surface area (Å²) in [5, 5.41) is 18.4. The van der Waals surface area contributed by atoms with Gasteiger partial charge in [0, 0.05) is 19.2 Å². The third kappa shape index (κ3) is 3.18. The molecule has 1 aromatic rings. The van der Waals surface area contributed by atoms with Crippen LogP contribution in [0.3, 0.4) is 0 Å². The van der Waals surface area contributed by atoms with Crippen molar-refractivity contribution in [1.82, 2.24) is 0 Å². The van der Waals surface area contributed by atoms with E-state index < -0.39 is 6.10 Å². The van der Waals surface area contributed by atoms with E-state index in [1.54, 1.807) is 37.9 Å². The van der Waals surface area contributed by atoms with Crippen LogP contribution in [-0.4, -0.2) is 18.7 Å². The molecular weight excluding hydrogens is 219 g/mol. The van der Waals surface area contributed by atoms with Crippen molar-refractivity contribution in [2.45, 2.75) is 20.0 Å². The van der Waals surface area contributed by atoms with Gasteiger partial charge < -0.3 is 10.0 Å². The predicted molar refractivity (Wildman–Crippen MR) is 65.1 cm³/mol. The van der Waals surface area contributed by atoms with E-state index in [0.717, 1.165) is 0 Å². The molecule has 3 nitrogen and oxygen atoms in total. The van der Waals surface area contributed by atoms with E-state index in [1.165, 1.54) is 6.07 Å². The molecule has 0 aromatic heterocycles. The molecule has 0 aliphatic heterocycles. The smallest absolute Gasteiger partial charge is 0.146 e. The van der Waals surface area contributed by atoms with Gasteiger partial charge in [0.2, 0.25) is 0 Å². The van der Waals surface area contributed by atoms with Gasteiger partial charge in [-0.1, -0.05) is 12.1 Å². The van der Waals surface area contributed by atoms with Gasteiger partial charge >= 0.3 is 0 Å². The number of benzene rings is 1. The summed E-state index contributed by atoms with van der Waals surface area (Å²) >= 11 is 0. The van der Waals surface area contributed by atoms with Gasteiger partial charge in [0.1, 0.15) is 5.82 Å². The lowest BCUT2D eigenvalue weighted by Crippen LogP contribution is -2.25. The van der Waals surface area contributed by atoms with Crippen molar-refractivity contribution in [1.29, 1.82) is 5.26 Å². The number of rotatable bonds is 4. The maximum atomic E-state index is 13.8. The number of hydrogen-bond acceptors (Lipinski definition) is 3. The Kier molecular flexibility index (Phi) is 4.47. The molecule has 0 aliphatic carbocycles. The van der Waals surface area contributed by atoms with Gasteiger partial charge in [-0.2, -0.15) is 5.26 Å². The van der Waals surface area contributed by atoms with Crippen LogP contribution in [0.4, 0.5) is 10.1 Å². The number of halogens is 1. The third-order valence-corrected chi connectivity index (χ3v) is 2.62. The SMILES string of the molecule is CC(C#N)CN(C)c1c(F)cccc1C(C)O. The van der Waals surface area contributed by atoms with Gasteiger partial charge in [-0.15, -0.1) is 0 Å². The highest BCUT2D eigenvalue weighted by molar-refractivity contribution is 5.55. The number of aliphatic hydroxyl groups is 1. The molecule has 2 atom stereocenters. The molecule has 0 radical (unpaired) electrons. The van der Waals surface area contributed by atoms with E-state index in [9.17, 15) is 9.50 Å². The van der Waals surface area contributed by atoms with Gasteiger partial charge in [0.25, 0.3) is 0 Å². The number of nitriles is 1. The quantitative estimate of drug-likeness (QED) is 0.873. The highest BCUT2D eigenvalue weighted by atomic mass is 19.1. The van der Waals surface area contributed by atoms with Crippen LogP contribution in [0.5, 0.6) is 0 Å². The van der Waals surface area contributed by atoms with Gasteiger partial charge in [0.15, 0.2) is 0 Å². The molecule has 0 fully saturated rings. The van der Waals surface area contributed by atoms with Gasteiger partial charge in [-0.3, -0.25) is 0 Å². The first-order valence-electron chi connectivity index (χ1n) is 5.54. The molecule has 0 bridgehead atoms. The van der Waals surface area contributed by atoms with Crippen molar-refractivity contribution >= 4 is 5.69 Å². The summed E-state index contributed by atoms with van der Waals surface area (Å²) in [6.07, 6.45) is -0.736. The van der Waals surface area contributed by atoms with Crippen LogP contribution in [0, 0.1) is 23.1 Å². The summed E-state index contributed by atoms with van der Waals surface area (Å²) < 4.78 is 13.8. The van der Waals surface area contributed by atoms with E-state index in [0.29, 0.717) is 17.8 Å². The molecule has 0 aliphatic rings. The lowest BCUT2D eigenvalue weighted by molar-refractivity contribution is 0.199. The minimum Gasteiger partial charge on any atom is -0.389 e. The number of anilines is 1. The van der Waals surface area contributed by atoms with E-state index in [1.807, 2.05) is 0 Å². The Morgan fingerprint density at radius 1 is 1.47 bits per heavy atom. The van der Waals surface area contributed by atoms with Crippen LogP contribution in [0.2, 0.25) is 0 Å². The van der Waals surface area contributed by atoms with Gasteiger partial charge in [-0.25, -0.2) is 4.39 Å². The highest BCUT2D eigenvalue weighted by Crippen LogP contribution is 2.28.